The van der Waals surface area contributed by atoms with Gasteiger partial charge in [-0.1, -0.05) is 17.7 Å². The van der Waals surface area contributed by atoms with E-state index in [2.05, 4.69) is 15.2 Å². The number of carbonyl (C=O) groups is 2. The fourth-order valence-corrected chi connectivity index (χ4v) is 2.89. The molecule has 1 aliphatic rings. The number of nitrogens with zero attached hydrogens (tertiary/aromatic N) is 2. The van der Waals surface area contributed by atoms with Gasteiger partial charge < -0.3 is 16.0 Å². The summed E-state index contributed by atoms with van der Waals surface area (Å²) >= 11 is 0. The normalized spacial score (nSPS) is 13.8. The van der Waals surface area contributed by atoms with Gasteiger partial charge in [-0.05, 0) is 44.0 Å². The fourth-order valence-electron chi connectivity index (χ4n) is 2.89. The molecular weight excluding hydrogens is 304 g/mol. The summed E-state index contributed by atoms with van der Waals surface area (Å²) in [4.78, 5) is 30.2. The first-order valence-electron chi connectivity index (χ1n) is 7.98. The average Bonchev–Trinajstić information content (AvgIpc) is 3.09. The molecule has 0 aliphatic carbocycles. The minimum atomic E-state index is -0.626. The van der Waals surface area contributed by atoms with Gasteiger partial charge in [-0.3, -0.25) is 9.59 Å². The fraction of sp³-hybridized carbons (Fsp3) is 0.278. The van der Waals surface area contributed by atoms with Crippen molar-refractivity contribution in [3.8, 4) is 0 Å². The van der Waals surface area contributed by atoms with Gasteiger partial charge in [-0.15, -0.1) is 0 Å². The van der Waals surface area contributed by atoms with Crippen molar-refractivity contribution in [1.29, 1.82) is 0 Å². The maximum atomic E-state index is 12.7. The molecule has 6 heteroatoms. The van der Waals surface area contributed by atoms with Crippen molar-refractivity contribution >= 4 is 23.3 Å². The van der Waals surface area contributed by atoms with Crippen molar-refractivity contribution in [2.75, 3.05) is 23.3 Å². The van der Waals surface area contributed by atoms with Crippen molar-refractivity contribution < 1.29 is 9.59 Å². The van der Waals surface area contributed by atoms with Crippen LogP contribution in [0.1, 0.15) is 39.3 Å². The van der Waals surface area contributed by atoms with Crippen molar-refractivity contribution in [2.45, 2.75) is 19.8 Å². The number of benzene rings is 1. The molecule has 0 atom stereocenters. The lowest BCUT2D eigenvalue weighted by Crippen LogP contribution is -2.23. The van der Waals surface area contributed by atoms with Gasteiger partial charge in [-0.2, -0.15) is 0 Å². The summed E-state index contributed by atoms with van der Waals surface area (Å²) in [6.45, 7) is 3.87. The molecule has 6 nitrogen and oxygen atoms in total. The first-order valence-corrected chi connectivity index (χ1v) is 7.98. The van der Waals surface area contributed by atoms with Gasteiger partial charge in [-0.25, -0.2) is 4.98 Å². The Morgan fingerprint density at radius 2 is 1.92 bits per heavy atom. The summed E-state index contributed by atoms with van der Waals surface area (Å²) < 4.78 is 0. The molecular formula is C18H20N4O2. The van der Waals surface area contributed by atoms with Crippen LogP contribution >= 0.6 is 0 Å². The highest BCUT2D eigenvalue weighted by Crippen LogP contribution is 2.26. The summed E-state index contributed by atoms with van der Waals surface area (Å²) in [5.74, 6) is -0.556. The maximum Gasteiger partial charge on any atom is 0.267 e. The number of aryl methyl sites for hydroxylation is 1. The Hall–Kier alpha value is -2.89. The van der Waals surface area contributed by atoms with Gasteiger partial charge in [0, 0.05) is 18.8 Å². The largest absolute Gasteiger partial charge is 0.371 e. The Labute approximate surface area is 140 Å². The van der Waals surface area contributed by atoms with Crippen LogP contribution in [0, 0.1) is 6.92 Å². The number of primary amides is 1. The molecule has 2 heterocycles. The molecule has 2 amide bonds. The lowest BCUT2D eigenvalue weighted by Gasteiger charge is -2.21. The number of hydrogen-bond donors (Lipinski definition) is 2. The van der Waals surface area contributed by atoms with Crippen LogP contribution in [0.5, 0.6) is 0 Å². The third kappa shape index (κ3) is 3.37. The van der Waals surface area contributed by atoms with Crippen LogP contribution in [0.4, 0.5) is 11.5 Å². The van der Waals surface area contributed by atoms with E-state index in [-0.39, 0.29) is 11.6 Å². The molecule has 0 spiro atoms. The lowest BCUT2D eigenvalue weighted by atomic mass is 10.1. The molecule has 1 aromatic heterocycles. The van der Waals surface area contributed by atoms with E-state index in [4.69, 9.17) is 5.73 Å². The van der Waals surface area contributed by atoms with Crippen LogP contribution in [0.2, 0.25) is 0 Å². The van der Waals surface area contributed by atoms with E-state index >= 15 is 0 Å². The first kappa shape index (κ1) is 16.0. The number of nitrogens with one attached hydrogen (secondary N) is 1. The molecule has 1 fully saturated rings. The summed E-state index contributed by atoms with van der Waals surface area (Å²) in [7, 11) is 0. The van der Waals surface area contributed by atoms with E-state index in [1.54, 1.807) is 12.1 Å². The van der Waals surface area contributed by atoms with E-state index in [1.807, 2.05) is 25.1 Å². The first-order chi connectivity index (χ1) is 11.5. The topological polar surface area (TPSA) is 88.3 Å². The minimum Gasteiger partial charge on any atom is -0.371 e. The monoisotopic (exact) mass is 324 g/mol. The highest BCUT2D eigenvalue weighted by atomic mass is 16.2. The number of amides is 2. The maximum absolute atomic E-state index is 12.7. The second kappa shape index (κ2) is 6.70. The van der Waals surface area contributed by atoms with E-state index in [0.29, 0.717) is 11.4 Å². The number of nitrogens with two attached hydrogens (primary N) is 1. The van der Waals surface area contributed by atoms with Crippen molar-refractivity contribution in [1.82, 2.24) is 4.98 Å². The van der Waals surface area contributed by atoms with Crippen LogP contribution in [0.3, 0.4) is 0 Å². The van der Waals surface area contributed by atoms with Gasteiger partial charge >= 0.3 is 0 Å². The number of carbonyl (C=O) groups excluding carboxylic acids is 2. The summed E-state index contributed by atoms with van der Waals surface area (Å²) in [5.41, 5.74) is 7.91. The second-order valence-corrected chi connectivity index (χ2v) is 5.94. The summed E-state index contributed by atoms with van der Waals surface area (Å²) in [6.07, 6.45) is 2.27. The third-order valence-corrected chi connectivity index (χ3v) is 4.09. The third-order valence-electron chi connectivity index (χ3n) is 4.09. The van der Waals surface area contributed by atoms with Crippen LogP contribution in [-0.4, -0.2) is 29.9 Å². The smallest absolute Gasteiger partial charge is 0.267 e. The predicted octanol–water partition coefficient (Wildman–Crippen LogP) is 2.34. The summed E-state index contributed by atoms with van der Waals surface area (Å²) in [5, 5.41) is 2.76. The van der Waals surface area contributed by atoms with Crippen LogP contribution in [-0.2, 0) is 0 Å². The quantitative estimate of drug-likeness (QED) is 0.903. The molecule has 0 bridgehead atoms. The molecule has 3 rings (SSSR count). The molecule has 1 saturated heterocycles. The standard InChI is InChI=1S/C18H20N4O2/c1-12-7-8-15(22-9-2-3-10-22)13(11-12)18(24)21-16-6-4-5-14(20-16)17(19)23/h4-8,11H,2-3,9-10H2,1H3,(H2,19,23)(H,20,21,24). The minimum absolute atomic E-state index is 0.122. The number of rotatable bonds is 4. The zero-order chi connectivity index (χ0) is 17.1. The highest BCUT2D eigenvalue weighted by molar-refractivity contribution is 6.08. The number of anilines is 2. The molecule has 0 radical (unpaired) electrons. The number of aromatic nitrogens is 1. The predicted molar refractivity (Wildman–Crippen MR) is 93.3 cm³/mol. The lowest BCUT2D eigenvalue weighted by molar-refractivity contribution is 0.0991. The Kier molecular flexibility index (Phi) is 4.46. The van der Waals surface area contributed by atoms with Gasteiger partial charge in [0.25, 0.3) is 11.8 Å². The van der Waals surface area contributed by atoms with E-state index < -0.39 is 5.91 Å². The molecule has 24 heavy (non-hydrogen) atoms. The van der Waals surface area contributed by atoms with Crippen molar-refractivity contribution in [2.24, 2.45) is 5.73 Å². The SMILES string of the molecule is Cc1ccc(N2CCCC2)c(C(=O)Nc2cccc(C(N)=O)n2)c1. The zero-order valence-corrected chi connectivity index (χ0v) is 13.6. The van der Waals surface area contributed by atoms with E-state index in [0.717, 1.165) is 37.2 Å². The Morgan fingerprint density at radius 1 is 1.17 bits per heavy atom. The van der Waals surface area contributed by atoms with Crippen LogP contribution in [0.15, 0.2) is 36.4 Å². The number of pyridine rings is 1. The van der Waals surface area contributed by atoms with Gasteiger partial charge in [0.2, 0.25) is 0 Å². The average molecular weight is 324 g/mol. The molecule has 2 aromatic rings. The van der Waals surface area contributed by atoms with Crippen LogP contribution < -0.4 is 16.0 Å². The second-order valence-electron chi connectivity index (χ2n) is 5.94. The molecule has 0 unspecified atom stereocenters. The molecule has 1 aromatic carbocycles. The number of hydrogen-bond acceptors (Lipinski definition) is 4. The zero-order valence-electron chi connectivity index (χ0n) is 13.6. The summed E-state index contributed by atoms with van der Waals surface area (Å²) in [6, 6.07) is 10.7. The highest BCUT2D eigenvalue weighted by Gasteiger charge is 2.20. The molecule has 0 saturated carbocycles. The van der Waals surface area contributed by atoms with Gasteiger partial charge in [0.15, 0.2) is 0 Å². The Morgan fingerprint density at radius 3 is 2.62 bits per heavy atom. The van der Waals surface area contributed by atoms with E-state index in [9.17, 15) is 9.59 Å². The van der Waals surface area contributed by atoms with Crippen LogP contribution in [0.25, 0.3) is 0 Å². The van der Waals surface area contributed by atoms with E-state index in [1.165, 1.54) is 6.07 Å². The Bertz CT molecular complexity index is 782. The molecule has 124 valence electrons. The van der Waals surface area contributed by atoms with Gasteiger partial charge in [0.1, 0.15) is 11.5 Å². The molecule has 3 N–H and O–H groups in total. The van der Waals surface area contributed by atoms with Crippen molar-refractivity contribution in [3.63, 3.8) is 0 Å². The Balaban J connectivity index is 1.88. The molecule has 1 aliphatic heterocycles. The van der Waals surface area contributed by atoms with Gasteiger partial charge in [0.05, 0.1) is 5.56 Å². The van der Waals surface area contributed by atoms with Crippen molar-refractivity contribution in [3.05, 3.63) is 53.2 Å².